The van der Waals surface area contributed by atoms with Crippen molar-refractivity contribution in [3.63, 3.8) is 0 Å². The highest BCUT2D eigenvalue weighted by atomic mass is 19.3. The zero-order valence-electron chi connectivity index (χ0n) is 12.2. The minimum absolute atomic E-state index is 0.0963. The molecule has 0 unspecified atom stereocenters. The van der Waals surface area contributed by atoms with Crippen LogP contribution in [-0.4, -0.2) is 13.1 Å². The van der Waals surface area contributed by atoms with Gasteiger partial charge in [-0.1, -0.05) is 62.9 Å². The Kier molecular flexibility index (Phi) is 5.53. The van der Waals surface area contributed by atoms with E-state index in [1.165, 1.54) is 37.8 Å². The molecule has 0 heterocycles. The van der Waals surface area contributed by atoms with Crippen molar-refractivity contribution in [2.45, 2.75) is 45.0 Å². The molecule has 1 aliphatic rings. The molecule has 2 rings (SSSR count). The first-order valence-corrected chi connectivity index (χ1v) is 7.72. The molecule has 1 aromatic carbocycles. The third-order valence-electron chi connectivity index (χ3n) is 4.41. The van der Waals surface area contributed by atoms with E-state index in [9.17, 15) is 8.78 Å². The highest BCUT2D eigenvalue weighted by Crippen LogP contribution is 2.30. The van der Waals surface area contributed by atoms with E-state index in [1.807, 2.05) is 0 Å². The van der Waals surface area contributed by atoms with Crippen molar-refractivity contribution < 1.29 is 8.78 Å². The quantitative estimate of drug-likeness (QED) is 0.752. The van der Waals surface area contributed by atoms with Crippen molar-refractivity contribution in [3.05, 3.63) is 35.9 Å². The van der Waals surface area contributed by atoms with Crippen LogP contribution in [-0.2, 0) is 5.92 Å². The molecule has 0 spiro atoms. The molecule has 1 N–H and O–H groups in total. The Morgan fingerprint density at radius 3 is 2.40 bits per heavy atom. The van der Waals surface area contributed by atoms with Crippen LogP contribution in [0.1, 0.15) is 44.6 Å². The van der Waals surface area contributed by atoms with E-state index in [2.05, 4.69) is 12.2 Å². The van der Waals surface area contributed by atoms with Crippen LogP contribution in [0.5, 0.6) is 0 Å². The molecule has 0 saturated heterocycles. The van der Waals surface area contributed by atoms with E-state index >= 15 is 0 Å². The number of hydrogen-bond donors (Lipinski definition) is 1. The van der Waals surface area contributed by atoms with Gasteiger partial charge in [-0.25, -0.2) is 0 Å². The highest BCUT2D eigenvalue weighted by Gasteiger charge is 2.30. The van der Waals surface area contributed by atoms with Crippen LogP contribution < -0.4 is 5.32 Å². The van der Waals surface area contributed by atoms with Crippen molar-refractivity contribution in [3.8, 4) is 0 Å². The first-order chi connectivity index (χ1) is 9.58. The van der Waals surface area contributed by atoms with Crippen LogP contribution in [0.4, 0.5) is 8.78 Å². The van der Waals surface area contributed by atoms with E-state index in [1.54, 1.807) is 18.2 Å². The Hall–Kier alpha value is -0.960. The molecular formula is C17H25F2N. The van der Waals surface area contributed by atoms with E-state index in [4.69, 9.17) is 0 Å². The van der Waals surface area contributed by atoms with E-state index in [0.29, 0.717) is 6.54 Å². The van der Waals surface area contributed by atoms with Crippen molar-refractivity contribution in [1.29, 1.82) is 0 Å². The molecule has 0 aromatic heterocycles. The second-order valence-electron chi connectivity index (χ2n) is 6.16. The first kappa shape index (κ1) is 15.4. The largest absolute Gasteiger partial charge is 0.311 e. The first-order valence-electron chi connectivity index (χ1n) is 7.72. The second kappa shape index (κ2) is 7.16. The molecule has 1 aromatic rings. The van der Waals surface area contributed by atoms with Crippen LogP contribution in [0.2, 0.25) is 0 Å². The zero-order chi connectivity index (χ0) is 14.4. The van der Waals surface area contributed by atoms with Crippen LogP contribution >= 0.6 is 0 Å². The number of halogens is 2. The van der Waals surface area contributed by atoms with Gasteiger partial charge < -0.3 is 5.32 Å². The number of nitrogens with one attached hydrogen (secondary N) is 1. The summed E-state index contributed by atoms with van der Waals surface area (Å²) in [7, 11) is 0. The summed E-state index contributed by atoms with van der Waals surface area (Å²) in [5.41, 5.74) is 0.0963. The Labute approximate surface area is 120 Å². The lowest BCUT2D eigenvalue weighted by molar-refractivity contribution is -0.00333. The molecule has 0 aliphatic heterocycles. The maximum Gasteiger partial charge on any atom is 0.285 e. The predicted octanol–water partition coefficient (Wildman–Crippen LogP) is 4.58. The van der Waals surface area contributed by atoms with Gasteiger partial charge in [0.05, 0.1) is 6.54 Å². The Morgan fingerprint density at radius 1 is 1.10 bits per heavy atom. The Bertz CT molecular complexity index is 383. The zero-order valence-corrected chi connectivity index (χ0v) is 12.2. The molecular weight excluding hydrogens is 256 g/mol. The lowest BCUT2D eigenvalue weighted by Gasteiger charge is -2.26. The normalized spacial score (nSPS) is 23.8. The van der Waals surface area contributed by atoms with Gasteiger partial charge in [-0.15, -0.1) is 0 Å². The van der Waals surface area contributed by atoms with E-state index in [-0.39, 0.29) is 12.1 Å². The van der Waals surface area contributed by atoms with Crippen molar-refractivity contribution in [1.82, 2.24) is 5.32 Å². The molecule has 1 fully saturated rings. The minimum Gasteiger partial charge on any atom is -0.311 e. The maximum atomic E-state index is 13.9. The van der Waals surface area contributed by atoms with Gasteiger partial charge in [0.1, 0.15) is 0 Å². The summed E-state index contributed by atoms with van der Waals surface area (Å²) >= 11 is 0. The lowest BCUT2D eigenvalue weighted by Crippen LogP contribution is -2.32. The van der Waals surface area contributed by atoms with Gasteiger partial charge in [-0.3, -0.25) is 0 Å². The molecule has 20 heavy (non-hydrogen) atoms. The van der Waals surface area contributed by atoms with Gasteiger partial charge in [-0.05, 0) is 24.8 Å². The molecule has 112 valence electrons. The van der Waals surface area contributed by atoms with Crippen LogP contribution in [0.25, 0.3) is 0 Å². The molecule has 0 bridgehead atoms. The number of hydrogen-bond acceptors (Lipinski definition) is 1. The molecule has 1 nitrogen and oxygen atoms in total. The summed E-state index contributed by atoms with van der Waals surface area (Å²) in [6.07, 6.45) is 6.14. The average Bonchev–Trinajstić information content (AvgIpc) is 2.46. The van der Waals surface area contributed by atoms with E-state index < -0.39 is 5.92 Å². The number of rotatable bonds is 6. The topological polar surface area (TPSA) is 12.0 Å². The van der Waals surface area contributed by atoms with Crippen molar-refractivity contribution >= 4 is 0 Å². The third kappa shape index (κ3) is 4.55. The molecule has 1 saturated carbocycles. The Balaban J connectivity index is 1.68. The molecule has 0 amide bonds. The molecule has 3 heteroatoms. The number of alkyl halides is 2. The summed E-state index contributed by atoms with van der Waals surface area (Å²) in [5.74, 6) is -1.20. The van der Waals surface area contributed by atoms with Crippen molar-refractivity contribution in [2.24, 2.45) is 11.8 Å². The van der Waals surface area contributed by atoms with Gasteiger partial charge in [-0.2, -0.15) is 8.78 Å². The summed E-state index contributed by atoms with van der Waals surface area (Å²) < 4.78 is 27.8. The molecule has 1 aliphatic carbocycles. The summed E-state index contributed by atoms with van der Waals surface area (Å²) in [4.78, 5) is 0. The van der Waals surface area contributed by atoms with Gasteiger partial charge in [0.15, 0.2) is 0 Å². The standard InChI is InChI=1S/C17H25F2N/c1-14-7-9-15(10-8-14)11-12-20-13-17(18,19)16-5-3-2-4-6-16/h2-6,14-15,20H,7-13H2,1H3. The smallest absolute Gasteiger partial charge is 0.285 e. The van der Waals surface area contributed by atoms with Crippen molar-refractivity contribution in [2.75, 3.05) is 13.1 Å². The molecule has 0 atom stereocenters. The predicted molar refractivity (Wildman–Crippen MR) is 78.9 cm³/mol. The van der Waals surface area contributed by atoms with Gasteiger partial charge in [0.2, 0.25) is 0 Å². The summed E-state index contributed by atoms with van der Waals surface area (Å²) in [6.45, 7) is 2.73. The summed E-state index contributed by atoms with van der Waals surface area (Å²) in [6, 6.07) is 8.06. The number of benzene rings is 1. The third-order valence-corrected chi connectivity index (χ3v) is 4.41. The maximum absolute atomic E-state index is 13.9. The summed E-state index contributed by atoms with van der Waals surface area (Å²) in [5, 5.41) is 2.93. The van der Waals surface area contributed by atoms with Crippen LogP contribution in [0.15, 0.2) is 30.3 Å². The lowest BCUT2D eigenvalue weighted by atomic mass is 9.81. The molecule has 0 radical (unpaired) electrons. The average molecular weight is 281 g/mol. The van der Waals surface area contributed by atoms with E-state index in [0.717, 1.165) is 18.3 Å². The fourth-order valence-electron chi connectivity index (χ4n) is 2.95. The van der Waals surface area contributed by atoms with Crippen LogP contribution in [0.3, 0.4) is 0 Å². The fourth-order valence-corrected chi connectivity index (χ4v) is 2.95. The SMILES string of the molecule is CC1CCC(CCNCC(F)(F)c2ccccc2)CC1. The second-order valence-corrected chi connectivity index (χ2v) is 6.16. The van der Waals surface area contributed by atoms with Gasteiger partial charge in [0, 0.05) is 5.56 Å². The monoisotopic (exact) mass is 281 g/mol. The highest BCUT2D eigenvalue weighted by molar-refractivity contribution is 5.20. The fraction of sp³-hybridized carbons (Fsp3) is 0.647. The van der Waals surface area contributed by atoms with Crippen LogP contribution in [0, 0.1) is 11.8 Å². The van der Waals surface area contributed by atoms with Gasteiger partial charge in [0.25, 0.3) is 5.92 Å². The van der Waals surface area contributed by atoms with Gasteiger partial charge >= 0.3 is 0 Å². The Morgan fingerprint density at radius 2 is 1.75 bits per heavy atom. The minimum atomic E-state index is -2.78.